The number of thiophene rings is 1. The van der Waals surface area contributed by atoms with Gasteiger partial charge in [-0.25, -0.2) is 0 Å². The van der Waals surface area contributed by atoms with Gasteiger partial charge in [0.05, 0.1) is 19.8 Å². The topological polar surface area (TPSA) is 59.0 Å². The largest absolute Gasteiger partial charge is 0.493 e. The van der Waals surface area contributed by atoms with Crippen LogP contribution in [0.2, 0.25) is 0 Å². The molecule has 152 valence electrons. The summed E-state index contributed by atoms with van der Waals surface area (Å²) < 4.78 is 12.5. The van der Waals surface area contributed by atoms with Crippen LogP contribution in [0.5, 0.6) is 11.5 Å². The van der Waals surface area contributed by atoms with Crippen LogP contribution in [0.1, 0.15) is 36.9 Å². The Morgan fingerprint density at radius 2 is 2.10 bits per heavy atom. The van der Waals surface area contributed by atoms with Gasteiger partial charge in [0.15, 0.2) is 11.5 Å². The zero-order chi connectivity index (χ0) is 20.4. The molecule has 1 saturated heterocycles. The molecule has 6 heteroatoms. The highest BCUT2D eigenvalue weighted by atomic mass is 32.1. The Morgan fingerprint density at radius 1 is 1.28 bits per heavy atom. The second kappa shape index (κ2) is 8.43. The molecule has 1 fully saturated rings. The highest BCUT2D eigenvalue weighted by molar-refractivity contribution is 7.17. The SMILES string of the molecule is CCOc1cc(C(c2csc3ccccc23)N2CCCC2C(=O)O)ccc1OC. The van der Waals surface area contributed by atoms with Crippen LogP contribution in [0.25, 0.3) is 10.1 Å². The Hall–Kier alpha value is -2.57. The first-order chi connectivity index (χ1) is 14.1. The molecule has 5 nitrogen and oxygen atoms in total. The molecule has 0 saturated carbocycles. The number of methoxy groups -OCH3 is 1. The molecule has 0 bridgehead atoms. The lowest BCUT2D eigenvalue weighted by Crippen LogP contribution is -2.39. The smallest absolute Gasteiger partial charge is 0.320 e. The second-order valence-electron chi connectivity index (χ2n) is 7.17. The average molecular weight is 412 g/mol. The van der Waals surface area contributed by atoms with Crippen LogP contribution in [0, 0.1) is 0 Å². The monoisotopic (exact) mass is 411 g/mol. The van der Waals surface area contributed by atoms with E-state index in [0.717, 1.165) is 24.1 Å². The van der Waals surface area contributed by atoms with Crippen molar-refractivity contribution >= 4 is 27.4 Å². The molecule has 4 rings (SSSR count). The van der Waals surface area contributed by atoms with Crippen molar-refractivity contribution in [1.29, 1.82) is 0 Å². The number of hydrogen-bond donors (Lipinski definition) is 1. The van der Waals surface area contributed by atoms with Gasteiger partial charge in [-0.3, -0.25) is 9.69 Å². The lowest BCUT2D eigenvalue weighted by molar-refractivity contribution is -0.142. The van der Waals surface area contributed by atoms with Gasteiger partial charge < -0.3 is 14.6 Å². The number of aliphatic carboxylic acids is 1. The molecule has 1 aromatic heterocycles. The first-order valence-corrected chi connectivity index (χ1v) is 10.8. The van der Waals surface area contributed by atoms with E-state index in [0.29, 0.717) is 24.5 Å². The molecule has 0 aliphatic carbocycles. The minimum Gasteiger partial charge on any atom is -0.493 e. The van der Waals surface area contributed by atoms with Crippen LogP contribution < -0.4 is 9.47 Å². The van der Waals surface area contributed by atoms with Crippen LogP contribution in [0.3, 0.4) is 0 Å². The molecule has 1 aliphatic heterocycles. The van der Waals surface area contributed by atoms with Crippen molar-refractivity contribution < 1.29 is 19.4 Å². The van der Waals surface area contributed by atoms with Gasteiger partial charge in [-0.2, -0.15) is 0 Å². The molecule has 2 heterocycles. The van der Waals surface area contributed by atoms with E-state index < -0.39 is 12.0 Å². The molecule has 3 aromatic rings. The van der Waals surface area contributed by atoms with E-state index in [9.17, 15) is 9.90 Å². The van der Waals surface area contributed by atoms with Crippen LogP contribution in [0.4, 0.5) is 0 Å². The van der Waals surface area contributed by atoms with Crippen molar-refractivity contribution in [3.8, 4) is 11.5 Å². The highest BCUT2D eigenvalue weighted by Gasteiger charge is 2.38. The summed E-state index contributed by atoms with van der Waals surface area (Å²) >= 11 is 1.70. The van der Waals surface area contributed by atoms with Crippen LogP contribution >= 0.6 is 11.3 Å². The van der Waals surface area contributed by atoms with Crippen molar-refractivity contribution in [2.75, 3.05) is 20.3 Å². The number of rotatable bonds is 7. The third-order valence-corrected chi connectivity index (χ3v) is 6.50. The van der Waals surface area contributed by atoms with E-state index >= 15 is 0 Å². The molecular formula is C23H25NO4S. The van der Waals surface area contributed by atoms with Crippen LogP contribution in [-0.2, 0) is 4.79 Å². The quantitative estimate of drug-likeness (QED) is 0.596. The zero-order valence-electron chi connectivity index (χ0n) is 16.6. The number of nitrogens with zero attached hydrogens (tertiary/aromatic N) is 1. The maximum Gasteiger partial charge on any atom is 0.320 e. The summed E-state index contributed by atoms with van der Waals surface area (Å²) in [4.78, 5) is 14.1. The van der Waals surface area contributed by atoms with E-state index in [4.69, 9.17) is 9.47 Å². The predicted molar refractivity (Wildman–Crippen MR) is 115 cm³/mol. The zero-order valence-corrected chi connectivity index (χ0v) is 17.4. The van der Waals surface area contributed by atoms with E-state index in [2.05, 4.69) is 22.4 Å². The van der Waals surface area contributed by atoms with E-state index in [1.54, 1.807) is 18.4 Å². The van der Waals surface area contributed by atoms with Gasteiger partial charge in [0.1, 0.15) is 6.04 Å². The maximum absolute atomic E-state index is 12.0. The van der Waals surface area contributed by atoms with Gasteiger partial charge in [0.2, 0.25) is 0 Å². The molecule has 1 aliphatic rings. The molecule has 0 radical (unpaired) electrons. The molecule has 2 unspecified atom stereocenters. The molecule has 0 spiro atoms. The molecule has 1 N–H and O–H groups in total. The van der Waals surface area contributed by atoms with Crippen LogP contribution in [-0.4, -0.2) is 42.3 Å². The Bertz CT molecular complexity index is 1020. The summed E-state index contributed by atoms with van der Waals surface area (Å²) in [6.07, 6.45) is 1.55. The van der Waals surface area contributed by atoms with Gasteiger partial charge in [0, 0.05) is 11.2 Å². The maximum atomic E-state index is 12.0. The average Bonchev–Trinajstić information content (AvgIpc) is 3.37. The minimum absolute atomic E-state index is 0.153. The molecule has 29 heavy (non-hydrogen) atoms. The van der Waals surface area contributed by atoms with Gasteiger partial charge in [-0.15, -0.1) is 11.3 Å². The van der Waals surface area contributed by atoms with Gasteiger partial charge >= 0.3 is 5.97 Å². The number of benzene rings is 2. The lowest BCUT2D eigenvalue weighted by atomic mass is 9.95. The summed E-state index contributed by atoms with van der Waals surface area (Å²) in [5.74, 6) is 0.606. The molecule has 2 aromatic carbocycles. The summed E-state index contributed by atoms with van der Waals surface area (Å²) in [5.41, 5.74) is 2.16. The fraction of sp³-hybridized carbons (Fsp3) is 0.348. The number of carboxylic acids is 1. The number of fused-ring (bicyclic) bond motifs is 1. The first-order valence-electron chi connectivity index (χ1n) is 9.89. The van der Waals surface area contributed by atoms with Gasteiger partial charge in [0.25, 0.3) is 0 Å². The first kappa shape index (κ1) is 19.7. The van der Waals surface area contributed by atoms with Gasteiger partial charge in [-0.1, -0.05) is 24.3 Å². The Kier molecular flexibility index (Phi) is 5.74. The predicted octanol–water partition coefficient (Wildman–Crippen LogP) is 4.95. The Labute approximate surface area is 174 Å². The van der Waals surface area contributed by atoms with E-state index in [-0.39, 0.29) is 6.04 Å². The summed E-state index contributed by atoms with van der Waals surface area (Å²) in [7, 11) is 1.63. The fourth-order valence-electron chi connectivity index (χ4n) is 4.25. The van der Waals surface area contributed by atoms with Crippen LogP contribution in [0.15, 0.2) is 47.8 Å². The number of carboxylic acid groups (broad SMARTS) is 1. The van der Waals surface area contributed by atoms with Crippen molar-refractivity contribution in [3.05, 3.63) is 59.0 Å². The van der Waals surface area contributed by atoms with E-state index in [1.165, 1.54) is 10.1 Å². The standard InChI is InChI=1S/C23H25NO4S/c1-3-28-20-13-15(10-11-19(20)27-2)22(24-12-6-8-18(24)23(25)26)17-14-29-21-9-5-4-7-16(17)21/h4-5,7,9-11,13-14,18,22H,3,6,8,12H2,1-2H3,(H,25,26). The van der Waals surface area contributed by atoms with Crippen molar-refractivity contribution in [2.24, 2.45) is 0 Å². The third-order valence-electron chi connectivity index (χ3n) is 5.52. The summed E-state index contributed by atoms with van der Waals surface area (Å²) in [6, 6.07) is 13.6. The second-order valence-corrected chi connectivity index (χ2v) is 8.08. The molecule has 0 amide bonds. The molecular weight excluding hydrogens is 386 g/mol. The minimum atomic E-state index is -0.759. The lowest BCUT2D eigenvalue weighted by Gasteiger charge is -2.32. The summed E-state index contributed by atoms with van der Waals surface area (Å²) in [6.45, 7) is 3.23. The van der Waals surface area contributed by atoms with Crippen molar-refractivity contribution in [1.82, 2.24) is 4.90 Å². The number of carbonyl (C=O) groups is 1. The Balaban J connectivity index is 1.87. The molecule has 2 atom stereocenters. The number of ether oxygens (including phenoxy) is 2. The van der Waals surface area contributed by atoms with Gasteiger partial charge in [-0.05, 0) is 59.9 Å². The number of hydrogen-bond acceptors (Lipinski definition) is 5. The normalized spacial score (nSPS) is 18.1. The third kappa shape index (κ3) is 3.70. The van der Waals surface area contributed by atoms with Crippen molar-refractivity contribution in [2.45, 2.75) is 31.8 Å². The van der Waals surface area contributed by atoms with Crippen molar-refractivity contribution in [3.63, 3.8) is 0 Å². The highest BCUT2D eigenvalue weighted by Crippen LogP contribution is 2.42. The Morgan fingerprint density at radius 3 is 2.86 bits per heavy atom. The fourth-order valence-corrected chi connectivity index (χ4v) is 5.23. The summed E-state index contributed by atoms with van der Waals surface area (Å²) in [5, 5.41) is 13.2. The van der Waals surface area contributed by atoms with E-state index in [1.807, 2.05) is 37.3 Å². The number of likely N-dealkylation sites (tertiary alicyclic amines) is 1.